The molecule has 136 valence electrons. The average molecular weight is 355 g/mol. The van der Waals surface area contributed by atoms with E-state index in [1.807, 2.05) is 0 Å². The number of nitrogens with zero attached hydrogens (tertiary/aromatic N) is 2. The third kappa shape index (κ3) is 3.90. The fourth-order valence-corrected chi connectivity index (χ4v) is 2.62. The van der Waals surface area contributed by atoms with Crippen LogP contribution in [-0.2, 0) is 11.8 Å². The van der Waals surface area contributed by atoms with Crippen LogP contribution in [0.15, 0.2) is 24.3 Å². The highest BCUT2D eigenvalue weighted by Gasteiger charge is 2.24. The van der Waals surface area contributed by atoms with Gasteiger partial charge in [0.05, 0.1) is 11.3 Å². The summed E-state index contributed by atoms with van der Waals surface area (Å²) in [6.45, 7) is 3.44. The summed E-state index contributed by atoms with van der Waals surface area (Å²) < 4.78 is 1.57. The zero-order valence-corrected chi connectivity index (χ0v) is 14.9. The molecule has 1 heterocycles. The van der Waals surface area contributed by atoms with Crippen LogP contribution in [0.3, 0.4) is 0 Å². The number of benzene rings is 1. The maximum absolute atomic E-state index is 12.4. The van der Waals surface area contributed by atoms with Gasteiger partial charge in [0, 0.05) is 30.2 Å². The minimum Gasteiger partial charge on any atom is -0.335 e. The number of urea groups is 1. The van der Waals surface area contributed by atoms with E-state index in [1.54, 1.807) is 49.8 Å². The summed E-state index contributed by atoms with van der Waals surface area (Å²) in [6, 6.07) is 6.60. The van der Waals surface area contributed by atoms with Gasteiger partial charge in [-0.05, 0) is 51.0 Å². The van der Waals surface area contributed by atoms with E-state index in [0.717, 1.165) is 12.8 Å². The first-order valence-corrected chi connectivity index (χ1v) is 8.38. The van der Waals surface area contributed by atoms with Gasteiger partial charge in [-0.1, -0.05) is 0 Å². The molecule has 1 aliphatic carbocycles. The Morgan fingerprint density at radius 3 is 2.12 bits per heavy atom. The summed E-state index contributed by atoms with van der Waals surface area (Å²) in [4.78, 5) is 36.3. The summed E-state index contributed by atoms with van der Waals surface area (Å²) in [5, 5.41) is 12.3. The first-order chi connectivity index (χ1) is 12.3. The molecule has 3 amide bonds. The van der Waals surface area contributed by atoms with Gasteiger partial charge in [0.2, 0.25) is 0 Å². The van der Waals surface area contributed by atoms with E-state index in [0.29, 0.717) is 28.3 Å². The van der Waals surface area contributed by atoms with E-state index in [-0.39, 0.29) is 12.1 Å². The lowest BCUT2D eigenvalue weighted by molar-refractivity contribution is -0.112. The topological polar surface area (TPSA) is 105 Å². The van der Waals surface area contributed by atoms with Crippen LogP contribution in [0.4, 0.5) is 16.2 Å². The molecular formula is C18H21N5O3. The zero-order valence-electron chi connectivity index (χ0n) is 14.9. The maximum atomic E-state index is 12.4. The molecule has 1 saturated carbocycles. The number of hydrogen-bond acceptors (Lipinski definition) is 4. The van der Waals surface area contributed by atoms with Gasteiger partial charge in [-0.25, -0.2) is 4.79 Å². The molecule has 2 aromatic rings. The van der Waals surface area contributed by atoms with Gasteiger partial charge in [-0.2, -0.15) is 5.10 Å². The molecule has 1 aliphatic rings. The van der Waals surface area contributed by atoms with E-state index in [2.05, 4.69) is 21.0 Å². The van der Waals surface area contributed by atoms with Crippen molar-refractivity contribution in [2.45, 2.75) is 32.7 Å². The van der Waals surface area contributed by atoms with Crippen LogP contribution in [0.5, 0.6) is 0 Å². The van der Waals surface area contributed by atoms with Crippen LogP contribution in [0.25, 0.3) is 0 Å². The van der Waals surface area contributed by atoms with E-state index >= 15 is 0 Å². The Balaban J connectivity index is 1.61. The van der Waals surface area contributed by atoms with E-state index in [1.165, 1.54) is 0 Å². The molecule has 8 heteroatoms. The summed E-state index contributed by atoms with van der Waals surface area (Å²) in [7, 11) is 1.72. The predicted molar refractivity (Wildman–Crippen MR) is 97.3 cm³/mol. The Morgan fingerprint density at radius 2 is 1.62 bits per heavy atom. The molecule has 0 spiro atoms. The van der Waals surface area contributed by atoms with Crippen LogP contribution in [0.1, 0.15) is 34.6 Å². The van der Waals surface area contributed by atoms with Crippen molar-refractivity contribution < 1.29 is 14.4 Å². The van der Waals surface area contributed by atoms with Crippen molar-refractivity contribution in [2.75, 3.05) is 10.6 Å². The van der Waals surface area contributed by atoms with Crippen molar-refractivity contribution in [3.05, 3.63) is 41.2 Å². The fourth-order valence-electron chi connectivity index (χ4n) is 2.62. The van der Waals surface area contributed by atoms with Crippen LogP contribution in [0, 0.1) is 13.8 Å². The standard InChI is InChI=1S/C18H21N5O3/c1-10-15(11(2)23(3)22-10)16(24)17(25)19-12-4-6-13(7-5-12)20-18(26)21-14-8-9-14/h4-7,14H,8-9H2,1-3H3,(H,19,25)(H2,20,21,26). The summed E-state index contributed by atoms with van der Waals surface area (Å²) in [5.41, 5.74) is 2.55. The number of aromatic nitrogens is 2. The summed E-state index contributed by atoms with van der Waals surface area (Å²) >= 11 is 0. The number of ketones is 1. The normalized spacial score (nSPS) is 13.2. The van der Waals surface area contributed by atoms with Crippen LogP contribution >= 0.6 is 0 Å². The number of rotatable bonds is 5. The number of amides is 3. The first kappa shape index (κ1) is 17.7. The molecule has 0 bridgehead atoms. The predicted octanol–water partition coefficient (Wildman–Crippen LogP) is 2.14. The monoisotopic (exact) mass is 355 g/mol. The molecule has 1 aromatic heterocycles. The first-order valence-electron chi connectivity index (χ1n) is 8.38. The maximum Gasteiger partial charge on any atom is 0.319 e. The van der Waals surface area contributed by atoms with Gasteiger partial charge >= 0.3 is 6.03 Å². The Kier molecular flexibility index (Phi) is 4.75. The van der Waals surface area contributed by atoms with Crippen molar-refractivity contribution in [3.63, 3.8) is 0 Å². The van der Waals surface area contributed by atoms with Gasteiger partial charge in [-0.15, -0.1) is 0 Å². The molecule has 3 N–H and O–H groups in total. The van der Waals surface area contributed by atoms with E-state index in [9.17, 15) is 14.4 Å². The lowest BCUT2D eigenvalue weighted by Crippen LogP contribution is -2.30. The fraction of sp³-hybridized carbons (Fsp3) is 0.333. The Bertz CT molecular complexity index is 866. The van der Waals surface area contributed by atoms with Crippen molar-refractivity contribution in [1.29, 1.82) is 0 Å². The lowest BCUT2D eigenvalue weighted by atomic mass is 10.1. The molecule has 0 saturated heterocycles. The van der Waals surface area contributed by atoms with Crippen LogP contribution in [0.2, 0.25) is 0 Å². The molecule has 0 aliphatic heterocycles. The highest BCUT2D eigenvalue weighted by atomic mass is 16.2. The van der Waals surface area contributed by atoms with Crippen molar-refractivity contribution in [3.8, 4) is 0 Å². The van der Waals surface area contributed by atoms with Gasteiger partial charge in [0.25, 0.3) is 11.7 Å². The summed E-state index contributed by atoms with van der Waals surface area (Å²) in [5.74, 6) is -1.35. The van der Waals surface area contributed by atoms with Crippen molar-refractivity contribution >= 4 is 29.1 Å². The molecule has 0 atom stereocenters. The highest BCUT2D eigenvalue weighted by Crippen LogP contribution is 2.19. The highest BCUT2D eigenvalue weighted by molar-refractivity contribution is 6.47. The van der Waals surface area contributed by atoms with Gasteiger partial charge in [-0.3, -0.25) is 14.3 Å². The number of carbonyl (C=O) groups is 3. The van der Waals surface area contributed by atoms with Crippen LogP contribution in [-0.4, -0.2) is 33.5 Å². The van der Waals surface area contributed by atoms with Crippen molar-refractivity contribution in [2.24, 2.45) is 7.05 Å². The second-order valence-electron chi connectivity index (χ2n) is 6.40. The Morgan fingerprint density at radius 1 is 1.04 bits per heavy atom. The smallest absolute Gasteiger partial charge is 0.319 e. The molecule has 1 fully saturated rings. The second kappa shape index (κ2) is 6.99. The molecule has 0 radical (unpaired) electrons. The number of anilines is 2. The van der Waals surface area contributed by atoms with Gasteiger partial charge in [0.1, 0.15) is 0 Å². The largest absolute Gasteiger partial charge is 0.335 e. The minimum atomic E-state index is -0.726. The molecule has 0 unspecified atom stereocenters. The lowest BCUT2D eigenvalue weighted by Gasteiger charge is -2.08. The Labute approximate surface area is 151 Å². The van der Waals surface area contributed by atoms with Crippen molar-refractivity contribution in [1.82, 2.24) is 15.1 Å². The summed E-state index contributed by atoms with van der Waals surface area (Å²) in [6.07, 6.45) is 2.03. The number of Topliss-reactive ketones (excluding diaryl/α,β-unsaturated/α-hetero) is 1. The number of carbonyl (C=O) groups excluding carboxylic acids is 3. The van der Waals surface area contributed by atoms with Gasteiger partial charge < -0.3 is 16.0 Å². The number of nitrogens with one attached hydrogen (secondary N) is 3. The number of hydrogen-bond donors (Lipinski definition) is 3. The molecule has 3 rings (SSSR count). The van der Waals surface area contributed by atoms with E-state index in [4.69, 9.17) is 0 Å². The third-order valence-electron chi connectivity index (χ3n) is 4.26. The van der Waals surface area contributed by atoms with Gasteiger partial charge in [0.15, 0.2) is 0 Å². The number of aryl methyl sites for hydroxylation is 2. The third-order valence-corrected chi connectivity index (χ3v) is 4.26. The molecule has 26 heavy (non-hydrogen) atoms. The Hall–Kier alpha value is -3.16. The quantitative estimate of drug-likeness (QED) is 0.564. The molecular weight excluding hydrogens is 334 g/mol. The SMILES string of the molecule is Cc1nn(C)c(C)c1C(=O)C(=O)Nc1ccc(NC(=O)NC2CC2)cc1. The van der Waals surface area contributed by atoms with E-state index < -0.39 is 11.7 Å². The van der Waals surface area contributed by atoms with Crippen LogP contribution < -0.4 is 16.0 Å². The molecule has 1 aromatic carbocycles. The molecule has 8 nitrogen and oxygen atoms in total. The second-order valence-corrected chi connectivity index (χ2v) is 6.40. The minimum absolute atomic E-state index is 0.248. The average Bonchev–Trinajstić information content (AvgIpc) is 3.35. The zero-order chi connectivity index (χ0) is 18.8.